The molecule has 2 aliphatic carbocycles. The number of unbranched alkanes of at least 4 members (excludes halogenated alkanes) is 2. The van der Waals surface area contributed by atoms with Crippen molar-refractivity contribution in [1.82, 2.24) is 5.32 Å². The van der Waals surface area contributed by atoms with Gasteiger partial charge < -0.3 is 10.4 Å². The minimum absolute atomic E-state index is 0.0458. The molecule has 2 atom stereocenters. The maximum absolute atomic E-state index is 13.7. The molecule has 2 N–H and O–H groups in total. The number of aliphatic hydroxyl groups is 1. The molecule has 0 bridgehead atoms. The van der Waals surface area contributed by atoms with Crippen LogP contribution in [0.3, 0.4) is 0 Å². The molecule has 0 spiro atoms. The molecule has 0 aromatic heterocycles. The Balaban J connectivity index is 2.51. The first-order valence-corrected chi connectivity index (χ1v) is 11.3. The quantitative estimate of drug-likeness (QED) is 0.292. The zero-order valence-corrected chi connectivity index (χ0v) is 19.7. The summed E-state index contributed by atoms with van der Waals surface area (Å²) in [6, 6.07) is 0. The third-order valence-corrected chi connectivity index (χ3v) is 6.06. The third kappa shape index (κ3) is 5.53. The molecule has 30 heavy (non-hydrogen) atoms. The maximum atomic E-state index is 13.7. The number of Topliss-reactive ketones (excluding diaryl/α,β-unsaturated/α-hetero) is 2. The van der Waals surface area contributed by atoms with Gasteiger partial charge in [-0.15, -0.1) is 0 Å². The molecule has 0 aliphatic heterocycles. The molecule has 0 heterocycles. The molecule has 2 aliphatic rings. The number of carbonyl (C=O) groups is 2. The summed E-state index contributed by atoms with van der Waals surface area (Å²) in [5.41, 5.74) is 3.17. The van der Waals surface area contributed by atoms with Gasteiger partial charge in [0.1, 0.15) is 0 Å². The number of hydrogen-bond donors (Lipinski definition) is 2. The van der Waals surface area contributed by atoms with Gasteiger partial charge in [0.15, 0.2) is 5.76 Å². The largest absolute Gasteiger partial charge is 0.504 e. The third-order valence-electron chi connectivity index (χ3n) is 6.06. The van der Waals surface area contributed by atoms with Crippen LogP contribution < -0.4 is 5.32 Å². The van der Waals surface area contributed by atoms with Crippen molar-refractivity contribution in [1.29, 1.82) is 0 Å². The van der Waals surface area contributed by atoms with Crippen molar-refractivity contribution in [2.75, 3.05) is 6.54 Å². The van der Waals surface area contributed by atoms with Crippen LogP contribution in [0.2, 0.25) is 0 Å². The molecule has 2 rings (SSSR count). The Labute approximate surface area is 182 Å². The number of rotatable bonds is 8. The fourth-order valence-corrected chi connectivity index (χ4v) is 4.30. The van der Waals surface area contributed by atoms with Crippen LogP contribution in [-0.4, -0.2) is 23.2 Å². The number of nitrogens with one attached hydrogen (secondary N) is 1. The fraction of sp³-hybridized carbons (Fsp3) is 0.615. The van der Waals surface area contributed by atoms with Crippen LogP contribution in [0.4, 0.5) is 0 Å². The molecular weight excluding hydrogens is 374 g/mol. The van der Waals surface area contributed by atoms with Crippen LogP contribution >= 0.6 is 0 Å². The summed E-state index contributed by atoms with van der Waals surface area (Å²) in [6.07, 6.45) is 7.20. The van der Waals surface area contributed by atoms with E-state index in [0.29, 0.717) is 24.2 Å². The Kier molecular flexibility index (Phi) is 7.90. The van der Waals surface area contributed by atoms with Crippen molar-refractivity contribution in [3.63, 3.8) is 0 Å². The highest BCUT2D eigenvalue weighted by atomic mass is 16.3. The number of ketones is 2. The second-order valence-electron chi connectivity index (χ2n) is 10.2. The number of hydrogen-bond acceptors (Lipinski definition) is 4. The summed E-state index contributed by atoms with van der Waals surface area (Å²) in [6.45, 7) is 17.1. The van der Waals surface area contributed by atoms with E-state index >= 15 is 0 Å². The maximum Gasteiger partial charge on any atom is 0.225 e. The van der Waals surface area contributed by atoms with Gasteiger partial charge in [-0.2, -0.15) is 0 Å². The average molecular weight is 414 g/mol. The van der Waals surface area contributed by atoms with Crippen LogP contribution in [0.1, 0.15) is 80.1 Å². The molecule has 0 aromatic carbocycles. The van der Waals surface area contributed by atoms with Gasteiger partial charge in [-0.3, -0.25) is 9.59 Å². The molecule has 0 fully saturated rings. The monoisotopic (exact) mass is 413 g/mol. The van der Waals surface area contributed by atoms with E-state index in [9.17, 15) is 14.7 Å². The van der Waals surface area contributed by atoms with Crippen molar-refractivity contribution < 1.29 is 14.7 Å². The van der Waals surface area contributed by atoms with Gasteiger partial charge in [0.25, 0.3) is 0 Å². The van der Waals surface area contributed by atoms with Crippen LogP contribution in [0.15, 0.2) is 46.4 Å². The van der Waals surface area contributed by atoms with Gasteiger partial charge in [0.2, 0.25) is 11.6 Å². The molecule has 166 valence electrons. The van der Waals surface area contributed by atoms with Crippen molar-refractivity contribution in [2.24, 2.45) is 17.3 Å². The SMILES string of the molecule is C=C(C)C1CCC(C)=CC1C1=C(O)C(=O)C(CCCCC)=C(NCC(C)(C)C)C1=O. The Morgan fingerprint density at radius 2 is 1.90 bits per heavy atom. The smallest absolute Gasteiger partial charge is 0.225 e. The Bertz CT molecular complexity index is 805. The van der Waals surface area contributed by atoms with Gasteiger partial charge in [-0.25, -0.2) is 0 Å². The average Bonchev–Trinajstić information content (AvgIpc) is 2.64. The van der Waals surface area contributed by atoms with Crippen LogP contribution in [-0.2, 0) is 9.59 Å². The minimum atomic E-state index is -0.394. The van der Waals surface area contributed by atoms with Gasteiger partial charge in [0, 0.05) is 18.0 Å². The van der Waals surface area contributed by atoms with E-state index in [2.05, 4.69) is 39.6 Å². The zero-order chi connectivity index (χ0) is 22.6. The lowest BCUT2D eigenvalue weighted by molar-refractivity contribution is -0.119. The highest BCUT2D eigenvalue weighted by Gasteiger charge is 2.41. The van der Waals surface area contributed by atoms with Crippen LogP contribution in [0.25, 0.3) is 0 Å². The van der Waals surface area contributed by atoms with Crippen LogP contribution in [0.5, 0.6) is 0 Å². The van der Waals surface area contributed by atoms with E-state index in [0.717, 1.165) is 37.7 Å². The van der Waals surface area contributed by atoms with E-state index < -0.39 is 5.78 Å². The van der Waals surface area contributed by atoms with E-state index in [1.807, 2.05) is 19.9 Å². The first-order valence-electron chi connectivity index (χ1n) is 11.3. The second-order valence-corrected chi connectivity index (χ2v) is 10.2. The first-order chi connectivity index (χ1) is 14.0. The van der Waals surface area contributed by atoms with E-state index in [1.54, 1.807) is 0 Å². The summed E-state index contributed by atoms with van der Waals surface area (Å²) >= 11 is 0. The molecule has 2 unspecified atom stereocenters. The van der Waals surface area contributed by atoms with Gasteiger partial charge in [-0.1, -0.05) is 64.3 Å². The first kappa shape index (κ1) is 24.2. The van der Waals surface area contributed by atoms with E-state index in [-0.39, 0.29) is 34.4 Å². The molecule has 0 saturated carbocycles. The number of allylic oxidation sites excluding steroid dienone is 5. The normalized spacial score (nSPS) is 23.1. The lowest BCUT2D eigenvalue weighted by atomic mass is 9.70. The molecule has 0 aromatic rings. The summed E-state index contributed by atoms with van der Waals surface area (Å²) in [5.74, 6) is -1.25. The summed E-state index contributed by atoms with van der Waals surface area (Å²) in [7, 11) is 0. The fourth-order valence-electron chi connectivity index (χ4n) is 4.30. The topological polar surface area (TPSA) is 66.4 Å². The second kappa shape index (κ2) is 9.80. The summed E-state index contributed by atoms with van der Waals surface area (Å²) in [5, 5.41) is 14.2. The molecule has 0 radical (unpaired) electrons. The predicted molar refractivity (Wildman–Crippen MR) is 123 cm³/mol. The van der Waals surface area contributed by atoms with E-state index in [1.165, 1.54) is 5.57 Å². The Morgan fingerprint density at radius 3 is 2.47 bits per heavy atom. The van der Waals surface area contributed by atoms with Crippen molar-refractivity contribution in [3.05, 3.63) is 46.4 Å². The predicted octanol–water partition coefficient (Wildman–Crippen LogP) is 5.97. The van der Waals surface area contributed by atoms with Crippen LogP contribution in [0, 0.1) is 17.3 Å². The van der Waals surface area contributed by atoms with Crippen molar-refractivity contribution in [2.45, 2.75) is 80.1 Å². The molecule has 0 amide bonds. The highest BCUT2D eigenvalue weighted by Crippen LogP contribution is 2.41. The summed E-state index contributed by atoms with van der Waals surface area (Å²) in [4.78, 5) is 26.9. The number of aliphatic hydroxyl groups excluding tert-OH is 1. The van der Waals surface area contributed by atoms with E-state index in [4.69, 9.17) is 0 Å². The lowest BCUT2D eigenvalue weighted by Gasteiger charge is -2.34. The Hall–Kier alpha value is -2.10. The molecule has 4 heteroatoms. The van der Waals surface area contributed by atoms with Crippen molar-refractivity contribution in [3.8, 4) is 0 Å². The standard InChI is InChI=1S/C26H39NO3/c1-8-9-10-11-19-22(27-15-26(5,6)7)24(29)21(25(30)23(19)28)20-14-17(4)12-13-18(20)16(2)3/h14,18,20,27,30H,2,8-13,15H2,1,3-7H3. The number of carbonyl (C=O) groups excluding carboxylic acids is 2. The highest BCUT2D eigenvalue weighted by molar-refractivity contribution is 6.24. The zero-order valence-electron chi connectivity index (χ0n) is 19.7. The van der Waals surface area contributed by atoms with Gasteiger partial charge >= 0.3 is 0 Å². The molecule has 0 saturated heterocycles. The van der Waals surface area contributed by atoms with Gasteiger partial charge in [0.05, 0.1) is 11.3 Å². The molecular formula is C26H39NO3. The van der Waals surface area contributed by atoms with Gasteiger partial charge in [-0.05, 0) is 50.9 Å². The Morgan fingerprint density at radius 1 is 1.23 bits per heavy atom. The minimum Gasteiger partial charge on any atom is -0.504 e. The molecule has 4 nitrogen and oxygen atoms in total. The summed E-state index contributed by atoms with van der Waals surface area (Å²) < 4.78 is 0. The van der Waals surface area contributed by atoms with Crippen molar-refractivity contribution >= 4 is 11.6 Å². The lowest BCUT2D eigenvalue weighted by Crippen LogP contribution is -2.38.